The van der Waals surface area contributed by atoms with Crippen molar-refractivity contribution in [3.63, 3.8) is 0 Å². The third-order valence-corrected chi connectivity index (χ3v) is 3.46. The van der Waals surface area contributed by atoms with Gasteiger partial charge in [-0.15, -0.1) is 0 Å². The number of pyridine rings is 1. The zero-order valence-corrected chi connectivity index (χ0v) is 11.1. The summed E-state index contributed by atoms with van der Waals surface area (Å²) in [4.78, 5) is 18.1. The fourth-order valence-corrected chi connectivity index (χ4v) is 2.43. The van der Waals surface area contributed by atoms with E-state index in [1.54, 1.807) is 12.4 Å². The van der Waals surface area contributed by atoms with Crippen LogP contribution in [0.25, 0.3) is 0 Å². The molecule has 1 aromatic heterocycles. The van der Waals surface area contributed by atoms with Crippen LogP contribution in [0.2, 0.25) is 0 Å². The van der Waals surface area contributed by atoms with E-state index in [1.807, 2.05) is 24.9 Å². The fourth-order valence-electron chi connectivity index (χ4n) is 2.43. The number of rotatable bonds is 3. The fraction of sp³-hybridized carbons (Fsp3) is 0.571. The topological polar surface area (TPSA) is 45.2 Å². The second-order valence-corrected chi connectivity index (χ2v) is 5.13. The van der Waals surface area contributed by atoms with Crippen molar-refractivity contribution in [2.24, 2.45) is 5.92 Å². The number of aromatic nitrogens is 1. The summed E-state index contributed by atoms with van der Waals surface area (Å²) in [5, 5.41) is 3.34. The van der Waals surface area contributed by atoms with Gasteiger partial charge < -0.3 is 10.2 Å². The summed E-state index contributed by atoms with van der Waals surface area (Å²) in [6.07, 6.45) is 5.73. The average molecular weight is 247 g/mol. The maximum Gasteiger partial charge on any atom is 0.255 e. The predicted octanol–water partition coefficient (Wildman–Crippen LogP) is 1.46. The lowest BCUT2D eigenvalue weighted by Crippen LogP contribution is -2.37. The summed E-state index contributed by atoms with van der Waals surface area (Å²) in [7, 11) is 1.88. The highest BCUT2D eigenvalue weighted by molar-refractivity contribution is 5.93. The highest BCUT2D eigenvalue weighted by Gasteiger charge is 2.19. The Morgan fingerprint density at radius 1 is 1.44 bits per heavy atom. The van der Waals surface area contributed by atoms with Crippen molar-refractivity contribution in [3.05, 3.63) is 29.6 Å². The maximum atomic E-state index is 12.2. The van der Waals surface area contributed by atoms with E-state index in [0.717, 1.165) is 38.0 Å². The summed E-state index contributed by atoms with van der Waals surface area (Å²) in [6.45, 7) is 4.93. The lowest BCUT2D eigenvalue weighted by molar-refractivity contribution is 0.0762. The lowest BCUT2D eigenvalue weighted by atomic mass is 9.97. The van der Waals surface area contributed by atoms with Crippen LogP contribution in [0.3, 0.4) is 0 Å². The molecule has 1 aromatic rings. The van der Waals surface area contributed by atoms with Crippen molar-refractivity contribution in [3.8, 4) is 0 Å². The molecule has 0 spiro atoms. The first kappa shape index (κ1) is 13.0. The van der Waals surface area contributed by atoms with Crippen LogP contribution in [0.5, 0.6) is 0 Å². The predicted molar refractivity (Wildman–Crippen MR) is 71.5 cm³/mol. The molecule has 1 fully saturated rings. The van der Waals surface area contributed by atoms with Crippen LogP contribution >= 0.6 is 0 Å². The standard InChI is InChI=1S/C14H21N3O/c1-11-7-13(9-16-8-11)14(18)17(2)10-12-3-5-15-6-4-12/h7-9,12,15H,3-6,10H2,1-2H3. The SMILES string of the molecule is Cc1cncc(C(=O)N(C)CC2CCNCC2)c1. The van der Waals surface area contributed by atoms with Gasteiger partial charge >= 0.3 is 0 Å². The van der Waals surface area contributed by atoms with E-state index in [4.69, 9.17) is 0 Å². The van der Waals surface area contributed by atoms with Crippen molar-refractivity contribution in [2.75, 3.05) is 26.7 Å². The molecule has 2 heterocycles. The number of carbonyl (C=O) groups is 1. The number of nitrogens with one attached hydrogen (secondary N) is 1. The molecule has 1 amide bonds. The number of carbonyl (C=O) groups excluding carboxylic acids is 1. The Morgan fingerprint density at radius 3 is 2.83 bits per heavy atom. The molecule has 18 heavy (non-hydrogen) atoms. The molecule has 0 saturated carbocycles. The zero-order valence-electron chi connectivity index (χ0n) is 11.1. The van der Waals surface area contributed by atoms with Gasteiger partial charge in [-0.3, -0.25) is 9.78 Å². The first-order valence-corrected chi connectivity index (χ1v) is 6.54. The third-order valence-electron chi connectivity index (χ3n) is 3.46. The molecule has 1 aliphatic heterocycles. The molecule has 0 atom stereocenters. The zero-order chi connectivity index (χ0) is 13.0. The summed E-state index contributed by atoms with van der Waals surface area (Å²) in [5.74, 6) is 0.697. The van der Waals surface area contributed by atoms with Crippen LogP contribution in [0.15, 0.2) is 18.5 Å². The molecule has 4 nitrogen and oxygen atoms in total. The lowest BCUT2D eigenvalue weighted by Gasteiger charge is -2.27. The van der Waals surface area contributed by atoms with Crippen molar-refractivity contribution in [1.82, 2.24) is 15.2 Å². The first-order chi connectivity index (χ1) is 8.66. The van der Waals surface area contributed by atoms with Gasteiger partial charge in [-0.2, -0.15) is 0 Å². The number of hydrogen-bond donors (Lipinski definition) is 1. The third kappa shape index (κ3) is 3.29. The molecule has 2 rings (SSSR count). The van der Waals surface area contributed by atoms with Gasteiger partial charge in [0, 0.05) is 26.0 Å². The van der Waals surface area contributed by atoms with E-state index in [9.17, 15) is 4.79 Å². The van der Waals surface area contributed by atoms with Crippen LogP contribution in [0.1, 0.15) is 28.8 Å². The van der Waals surface area contributed by atoms with E-state index >= 15 is 0 Å². The number of amides is 1. The molecule has 0 aliphatic carbocycles. The summed E-state index contributed by atoms with van der Waals surface area (Å²) in [5.41, 5.74) is 1.71. The molecular formula is C14H21N3O. The van der Waals surface area contributed by atoms with Gasteiger partial charge in [0.1, 0.15) is 0 Å². The summed E-state index contributed by atoms with van der Waals surface area (Å²) in [6, 6.07) is 1.90. The normalized spacial score (nSPS) is 16.6. The molecule has 1 aliphatic rings. The molecule has 1 saturated heterocycles. The Balaban J connectivity index is 1.95. The molecule has 4 heteroatoms. The van der Waals surface area contributed by atoms with Crippen LogP contribution in [0.4, 0.5) is 0 Å². The second-order valence-electron chi connectivity index (χ2n) is 5.13. The average Bonchev–Trinajstić information content (AvgIpc) is 2.39. The van der Waals surface area contributed by atoms with Crippen molar-refractivity contribution in [1.29, 1.82) is 0 Å². The molecule has 0 aromatic carbocycles. The number of nitrogens with zero attached hydrogens (tertiary/aromatic N) is 2. The largest absolute Gasteiger partial charge is 0.341 e. The second kappa shape index (κ2) is 5.96. The van der Waals surface area contributed by atoms with Crippen LogP contribution in [0, 0.1) is 12.8 Å². The molecule has 98 valence electrons. The van der Waals surface area contributed by atoms with Gasteiger partial charge in [0.05, 0.1) is 5.56 Å². The Labute approximate surface area is 108 Å². The smallest absolute Gasteiger partial charge is 0.255 e. The van der Waals surface area contributed by atoms with Gasteiger partial charge in [0.25, 0.3) is 5.91 Å². The van der Waals surface area contributed by atoms with Gasteiger partial charge in [-0.25, -0.2) is 0 Å². The highest BCUT2D eigenvalue weighted by Crippen LogP contribution is 2.14. The Hall–Kier alpha value is -1.42. The van der Waals surface area contributed by atoms with E-state index in [2.05, 4.69) is 10.3 Å². The number of hydrogen-bond acceptors (Lipinski definition) is 3. The quantitative estimate of drug-likeness (QED) is 0.879. The van der Waals surface area contributed by atoms with Crippen LogP contribution < -0.4 is 5.32 Å². The Kier molecular flexibility index (Phi) is 4.31. The number of aryl methyl sites for hydroxylation is 1. The van der Waals surface area contributed by atoms with Crippen molar-refractivity contribution in [2.45, 2.75) is 19.8 Å². The minimum absolute atomic E-state index is 0.0738. The van der Waals surface area contributed by atoms with E-state index < -0.39 is 0 Å². The maximum absolute atomic E-state index is 12.2. The van der Waals surface area contributed by atoms with Gasteiger partial charge in [0.2, 0.25) is 0 Å². The van der Waals surface area contributed by atoms with Gasteiger partial charge in [-0.05, 0) is 50.4 Å². The first-order valence-electron chi connectivity index (χ1n) is 6.54. The van der Waals surface area contributed by atoms with Gasteiger partial charge in [0.15, 0.2) is 0 Å². The Morgan fingerprint density at radius 2 is 2.17 bits per heavy atom. The molecular weight excluding hydrogens is 226 g/mol. The van der Waals surface area contributed by atoms with E-state index in [-0.39, 0.29) is 5.91 Å². The van der Waals surface area contributed by atoms with Gasteiger partial charge in [-0.1, -0.05) is 0 Å². The van der Waals surface area contributed by atoms with Crippen molar-refractivity contribution < 1.29 is 4.79 Å². The summed E-state index contributed by atoms with van der Waals surface area (Å²) >= 11 is 0. The van der Waals surface area contributed by atoms with E-state index in [1.165, 1.54) is 0 Å². The minimum Gasteiger partial charge on any atom is -0.341 e. The molecule has 0 bridgehead atoms. The highest BCUT2D eigenvalue weighted by atomic mass is 16.2. The Bertz CT molecular complexity index is 413. The molecule has 0 radical (unpaired) electrons. The molecule has 0 unspecified atom stereocenters. The summed E-state index contributed by atoms with van der Waals surface area (Å²) < 4.78 is 0. The number of piperidine rings is 1. The monoisotopic (exact) mass is 247 g/mol. The minimum atomic E-state index is 0.0738. The van der Waals surface area contributed by atoms with Crippen LogP contribution in [-0.4, -0.2) is 42.5 Å². The molecule has 1 N–H and O–H groups in total. The van der Waals surface area contributed by atoms with Crippen LogP contribution in [-0.2, 0) is 0 Å². The van der Waals surface area contributed by atoms with Crippen molar-refractivity contribution >= 4 is 5.91 Å². The van der Waals surface area contributed by atoms with E-state index in [0.29, 0.717) is 11.5 Å².